The zero-order valence-corrected chi connectivity index (χ0v) is 12.4. The maximum Gasteiger partial charge on any atom is 0.262 e. The maximum atomic E-state index is 12.4. The molecular formula is C15H11ClN2O2S. The molecule has 3 rings (SSSR count). The van der Waals surface area contributed by atoms with Gasteiger partial charge in [-0.25, -0.2) is 8.42 Å². The first-order valence-electron chi connectivity index (χ1n) is 6.17. The third kappa shape index (κ3) is 2.84. The van der Waals surface area contributed by atoms with Crippen LogP contribution in [-0.2, 0) is 10.0 Å². The topological polar surface area (TPSA) is 59.1 Å². The molecule has 0 saturated heterocycles. The minimum atomic E-state index is -3.70. The summed E-state index contributed by atoms with van der Waals surface area (Å²) in [7, 11) is -3.70. The molecule has 2 aromatic carbocycles. The Morgan fingerprint density at radius 3 is 2.52 bits per heavy atom. The van der Waals surface area contributed by atoms with Crippen LogP contribution in [0.15, 0.2) is 65.8 Å². The van der Waals surface area contributed by atoms with Crippen molar-refractivity contribution in [2.45, 2.75) is 4.90 Å². The molecule has 0 aliphatic rings. The Labute approximate surface area is 127 Å². The molecule has 0 fully saturated rings. The van der Waals surface area contributed by atoms with E-state index in [1.54, 1.807) is 18.2 Å². The minimum absolute atomic E-state index is 0.182. The Bertz CT molecular complexity index is 910. The predicted octanol–water partition coefficient (Wildman–Crippen LogP) is 3.69. The van der Waals surface area contributed by atoms with Crippen LogP contribution in [0.5, 0.6) is 0 Å². The number of hydrogen-bond acceptors (Lipinski definition) is 3. The zero-order chi connectivity index (χ0) is 14.9. The van der Waals surface area contributed by atoms with Crippen LogP contribution in [0.2, 0.25) is 5.02 Å². The molecule has 1 aromatic heterocycles. The first kappa shape index (κ1) is 13.9. The van der Waals surface area contributed by atoms with Gasteiger partial charge in [-0.3, -0.25) is 9.71 Å². The fourth-order valence-electron chi connectivity index (χ4n) is 1.99. The fraction of sp³-hybridized carbons (Fsp3) is 0. The lowest BCUT2D eigenvalue weighted by Gasteiger charge is -2.09. The van der Waals surface area contributed by atoms with Crippen molar-refractivity contribution in [3.05, 3.63) is 65.9 Å². The molecule has 6 heteroatoms. The van der Waals surface area contributed by atoms with E-state index in [0.717, 1.165) is 10.8 Å². The van der Waals surface area contributed by atoms with E-state index in [2.05, 4.69) is 9.71 Å². The zero-order valence-electron chi connectivity index (χ0n) is 10.8. The van der Waals surface area contributed by atoms with E-state index < -0.39 is 10.0 Å². The second-order valence-corrected chi connectivity index (χ2v) is 6.56. The van der Waals surface area contributed by atoms with E-state index in [4.69, 9.17) is 11.6 Å². The van der Waals surface area contributed by atoms with Crippen LogP contribution in [0.1, 0.15) is 0 Å². The van der Waals surface area contributed by atoms with Crippen molar-refractivity contribution in [3.8, 4) is 0 Å². The minimum Gasteiger partial charge on any atom is -0.277 e. The fourth-order valence-corrected chi connectivity index (χ4v) is 3.30. The number of halogens is 1. The second kappa shape index (κ2) is 5.35. The van der Waals surface area contributed by atoms with Crippen LogP contribution in [0.3, 0.4) is 0 Å². The van der Waals surface area contributed by atoms with Crippen molar-refractivity contribution >= 4 is 38.1 Å². The molecule has 1 N–H and O–H groups in total. The number of rotatable bonds is 3. The highest BCUT2D eigenvalue weighted by Crippen LogP contribution is 2.24. The summed E-state index contributed by atoms with van der Waals surface area (Å²) in [5.74, 6) is 0. The van der Waals surface area contributed by atoms with Gasteiger partial charge in [0.1, 0.15) is 0 Å². The van der Waals surface area contributed by atoms with Gasteiger partial charge in [-0.05, 0) is 29.0 Å². The third-order valence-electron chi connectivity index (χ3n) is 3.04. The number of hydrogen-bond donors (Lipinski definition) is 1. The Morgan fingerprint density at radius 2 is 1.76 bits per heavy atom. The molecule has 21 heavy (non-hydrogen) atoms. The van der Waals surface area contributed by atoms with Gasteiger partial charge >= 0.3 is 0 Å². The average Bonchev–Trinajstić information content (AvgIpc) is 2.49. The Kier molecular flexibility index (Phi) is 3.53. The summed E-state index contributed by atoms with van der Waals surface area (Å²) in [4.78, 5) is 4.04. The van der Waals surface area contributed by atoms with E-state index in [9.17, 15) is 8.42 Å². The molecule has 0 amide bonds. The second-order valence-electron chi connectivity index (χ2n) is 4.47. The van der Waals surface area contributed by atoms with Crippen molar-refractivity contribution in [2.24, 2.45) is 0 Å². The lowest BCUT2D eigenvalue weighted by molar-refractivity contribution is 0.601. The number of pyridine rings is 1. The monoisotopic (exact) mass is 318 g/mol. The molecule has 0 spiro atoms. The first-order valence-corrected chi connectivity index (χ1v) is 8.03. The predicted molar refractivity (Wildman–Crippen MR) is 84.0 cm³/mol. The molecule has 0 atom stereocenters. The Balaban J connectivity index is 2.02. The van der Waals surface area contributed by atoms with Crippen LogP contribution in [0.4, 0.5) is 5.69 Å². The van der Waals surface area contributed by atoms with Crippen molar-refractivity contribution < 1.29 is 8.42 Å². The molecule has 0 radical (unpaired) electrons. The molecule has 0 saturated carbocycles. The molecule has 0 aliphatic heterocycles. The van der Waals surface area contributed by atoms with Gasteiger partial charge in [0.2, 0.25) is 0 Å². The van der Waals surface area contributed by atoms with Gasteiger partial charge in [0.25, 0.3) is 10.0 Å². The molecule has 3 aromatic rings. The van der Waals surface area contributed by atoms with Gasteiger partial charge in [-0.1, -0.05) is 41.9 Å². The molecule has 4 nitrogen and oxygen atoms in total. The van der Waals surface area contributed by atoms with Gasteiger partial charge < -0.3 is 0 Å². The van der Waals surface area contributed by atoms with Gasteiger partial charge in [0, 0.05) is 6.20 Å². The highest BCUT2D eigenvalue weighted by Gasteiger charge is 2.16. The summed E-state index contributed by atoms with van der Waals surface area (Å²) in [5, 5.41) is 2.14. The summed E-state index contributed by atoms with van der Waals surface area (Å²) >= 11 is 5.95. The molecular weight excluding hydrogens is 308 g/mol. The summed E-state index contributed by atoms with van der Waals surface area (Å²) in [6.45, 7) is 0. The number of benzene rings is 2. The summed E-state index contributed by atoms with van der Waals surface area (Å²) in [5.41, 5.74) is 0.257. The van der Waals surface area contributed by atoms with Gasteiger partial charge in [-0.2, -0.15) is 0 Å². The smallest absolute Gasteiger partial charge is 0.262 e. The van der Waals surface area contributed by atoms with Crippen molar-refractivity contribution in [1.29, 1.82) is 0 Å². The molecule has 0 bridgehead atoms. The third-order valence-corrected chi connectivity index (χ3v) is 4.74. The molecule has 1 heterocycles. The van der Waals surface area contributed by atoms with Crippen molar-refractivity contribution in [3.63, 3.8) is 0 Å². The van der Waals surface area contributed by atoms with E-state index >= 15 is 0 Å². The number of sulfonamides is 1. The van der Waals surface area contributed by atoms with Crippen LogP contribution >= 0.6 is 11.6 Å². The number of nitrogens with one attached hydrogen (secondary N) is 1. The van der Waals surface area contributed by atoms with Gasteiger partial charge in [0.05, 0.1) is 21.8 Å². The largest absolute Gasteiger partial charge is 0.277 e. The molecule has 106 valence electrons. The quantitative estimate of drug-likeness (QED) is 0.801. The lowest BCUT2D eigenvalue weighted by atomic mass is 10.1. The SMILES string of the molecule is O=S(=O)(Nc1cnccc1Cl)c1ccc2ccccc2c1. The number of fused-ring (bicyclic) bond motifs is 1. The average molecular weight is 319 g/mol. The number of aromatic nitrogens is 1. The van der Waals surface area contributed by atoms with Crippen molar-refractivity contribution in [1.82, 2.24) is 4.98 Å². The first-order chi connectivity index (χ1) is 10.1. The van der Waals surface area contributed by atoms with E-state index in [1.807, 2.05) is 24.3 Å². The van der Waals surface area contributed by atoms with Crippen LogP contribution in [-0.4, -0.2) is 13.4 Å². The molecule has 0 unspecified atom stereocenters. The number of anilines is 1. The normalized spacial score (nSPS) is 11.5. The summed E-state index contributed by atoms with van der Waals surface area (Å²) < 4.78 is 27.2. The van der Waals surface area contributed by atoms with E-state index in [1.165, 1.54) is 18.5 Å². The lowest BCUT2D eigenvalue weighted by Crippen LogP contribution is -2.13. The van der Waals surface area contributed by atoms with Crippen molar-refractivity contribution in [2.75, 3.05) is 4.72 Å². The van der Waals surface area contributed by atoms with Gasteiger partial charge in [0.15, 0.2) is 0 Å². The highest BCUT2D eigenvalue weighted by molar-refractivity contribution is 7.92. The van der Waals surface area contributed by atoms with Crippen LogP contribution in [0.25, 0.3) is 10.8 Å². The van der Waals surface area contributed by atoms with Gasteiger partial charge in [-0.15, -0.1) is 0 Å². The summed E-state index contributed by atoms with van der Waals surface area (Å²) in [6.07, 6.45) is 2.87. The Hall–Kier alpha value is -2.11. The molecule has 0 aliphatic carbocycles. The summed E-state index contributed by atoms with van der Waals surface area (Å²) in [6, 6.07) is 14.1. The highest BCUT2D eigenvalue weighted by atomic mass is 35.5. The van der Waals surface area contributed by atoms with E-state index in [0.29, 0.717) is 5.02 Å². The standard InChI is InChI=1S/C15H11ClN2O2S/c16-14-7-8-17-10-15(14)18-21(19,20)13-6-5-11-3-1-2-4-12(11)9-13/h1-10,18H. The maximum absolute atomic E-state index is 12.4. The van der Waals surface area contributed by atoms with E-state index in [-0.39, 0.29) is 10.6 Å². The number of nitrogens with zero attached hydrogens (tertiary/aromatic N) is 1. The van der Waals surface area contributed by atoms with Crippen LogP contribution < -0.4 is 4.72 Å². The van der Waals surface area contributed by atoms with Crippen LogP contribution in [0, 0.1) is 0 Å². The Morgan fingerprint density at radius 1 is 1.00 bits per heavy atom.